The van der Waals surface area contributed by atoms with Crippen molar-refractivity contribution in [3.05, 3.63) is 40.9 Å². The zero-order chi connectivity index (χ0) is 16.4. The number of nitrogens with zero attached hydrogens (tertiary/aromatic N) is 3. The van der Waals surface area contributed by atoms with Crippen LogP contribution < -0.4 is 4.74 Å². The lowest BCUT2D eigenvalue weighted by Crippen LogP contribution is -2.12. The maximum absolute atomic E-state index is 6.21. The number of hydrogen-bond donors (Lipinski definition) is 0. The molecule has 1 aromatic carbocycles. The van der Waals surface area contributed by atoms with Crippen molar-refractivity contribution in [1.82, 2.24) is 14.5 Å². The topological polar surface area (TPSA) is 39.9 Å². The molecule has 23 heavy (non-hydrogen) atoms. The third-order valence-corrected chi connectivity index (χ3v) is 3.88. The van der Waals surface area contributed by atoms with E-state index in [2.05, 4.69) is 26.9 Å². The normalized spacial score (nSPS) is 12.1. The summed E-state index contributed by atoms with van der Waals surface area (Å²) in [7, 11) is 0. The second-order valence-corrected chi connectivity index (χ2v) is 5.61. The van der Waals surface area contributed by atoms with Crippen LogP contribution in [0, 0.1) is 12.3 Å². The van der Waals surface area contributed by atoms with Crippen molar-refractivity contribution in [2.45, 2.75) is 13.5 Å². The number of hydrogen-bond acceptors (Lipinski definition) is 3. The van der Waals surface area contributed by atoms with Gasteiger partial charge in [0.1, 0.15) is 12.4 Å². The van der Waals surface area contributed by atoms with Gasteiger partial charge in [-0.1, -0.05) is 23.7 Å². The Kier molecular flexibility index (Phi) is 4.42. The van der Waals surface area contributed by atoms with Gasteiger partial charge in [0, 0.05) is 17.1 Å². The monoisotopic (exact) mass is 345 g/mol. The molecule has 0 spiro atoms. The summed E-state index contributed by atoms with van der Waals surface area (Å²) in [6.07, 6.45) is 8.16. The summed E-state index contributed by atoms with van der Waals surface area (Å²) in [5.41, 5.74) is 2.66. The number of terminal acetylenes is 1. The first-order valence-corrected chi connectivity index (χ1v) is 7.71. The quantitative estimate of drug-likeness (QED) is 0.483. The molecule has 4 rings (SSSR count). The van der Waals surface area contributed by atoms with E-state index in [9.17, 15) is 0 Å². The summed E-state index contributed by atoms with van der Waals surface area (Å²) in [4.78, 5) is 8.15. The van der Waals surface area contributed by atoms with Gasteiger partial charge in [0.2, 0.25) is 5.28 Å². The SMILES string of the molecule is C#CC.Clc1ncc(Cl)c(-c2cn3c4c(cccc24)OCC3)n1. The highest BCUT2D eigenvalue weighted by Gasteiger charge is 2.20. The van der Waals surface area contributed by atoms with E-state index in [0.717, 1.165) is 28.8 Å². The molecule has 0 radical (unpaired) electrons. The highest BCUT2D eigenvalue weighted by molar-refractivity contribution is 6.34. The Labute approximate surface area is 144 Å². The minimum atomic E-state index is 0.188. The fourth-order valence-electron chi connectivity index (χ4n) is 2.60. The molecule has 1 aliphatic heterocycles. The van der Waals surface area contributed by atoms with Gasteiger partial charge in [-0.15, -0.1) is 12.3 Å². The van der Waals surface area contributed by atoms with Crippen LogP contribution in [0.5, 0.6) is 5.75 Å². The third-order valence-electron chi connectivity index (χ3n) is 3.42. The second-order valence-electron chi connectivity index (χ2n) is 4.86. The van der Waals surface area contributed by atoms with Gasteiger partial charge in [0.05, 0.1) is 29.0 Å². The molecule has 2 aromatic heterocycles. The van der Waals surface area contributed by atoms with Crippen molar-refractivity contribution >= 4 is 34.1 Å². The first-order valence-electron chi connectivity index (χ1n) is 6.96. The molecule has 0 fully saturated rings. The molecule has 1 aliphatic rings. The van der Waals surface area contributed by atoms with Crippen LogP contribution in [-0.4, -0.2) is 21.1 Å². The molecule has 3 heterocycles. The average Bonchev–Trinajstić information content (AvgIpc) is 2.92. The lowest BCUT2D eigenvalue weighted by Gasteiger charge is -2.16. The van der Waals surface area contributed by atoms with Crippen molar-refractivity contribution in [1.29, 1.82) is 0 Å². The minimum Gasteiger partial charge on any atom is -0.490 e. The zero-order valence-electron chi connectivity index (χ0n) is 12.4. The Morgan fingerprint density at radius 2 is 2.13 bits per heavy atom. The van der Waals surface area contributed by atoms with E-state index >= 15 is 0 Å². The van der Waals surface area contributed by atoms with Crippen LogP contribution in [0.25, 0.3) is 22.2 Å². The van der Waals surface area contributed by atoms with E-state index in [-0.39, 0.29) is 5.28 Å². The van der Waals surface area contributed by atoms with Crippen LogP contribution in [-0.2, 0) is 6.54 Å². The molecule has 0 saturated heterocycles. The standard InChI is InChI=1S/C14H9Cl2N3O.C3H4/c15-10-6-17-14(16)18-12(10)9-7-19-4-5-20-11-3-1-2-8(9)13(11)19;1-3-2/h1-3,6-7H,4-5H2;1H,2H3. The molecule has 0 amide bonds. The fraction of sp³-hybridized carbons (Fsp3) is 0.176. The first kappa shape index (κ1) is 15.7. The number of benzene rings is 1. The summed E-state index contributed by atoms with van der Waals surface area (Å²) < 4.78 is 7.85. The van der Waals surface area contributed by atoms with Crippen LogP contribution in [0.1, 0.15) is 6.92 Å². The zero-order valence-corrected chi connectivity index (χ0v) is 13.9. The largest absolute Gasteiger partial charge is 0.490 e. The second kappa shape index (κ2) is 6.49. The maximum Gasteiger partial charge on any atom is 0.222 e. The number of rotatable bonds is 1. The highest BCUT2D eigenvalue weighted by atomic mass is 35.5. The molecule has 0 aliphatic carbocycles. The molecule has 0 unspecified atom stereocenters. The van der Waals surface area contributed by atoms with Crippen LogP contribution in [0.2, 0.25) is 10.3 Å². The lowest BCUT2D eigenvalue weighted by molar-refractivity contribution is 0.287. The fourth-order valence-corrected chi connectivity index (χ4v) is 2.92. The predicted octanol–water partition coefficient (Wildman–Crippen LogP) is 4.44. The van der Waals surface area contributed by atoms with Gasteiger partial charge in [0.25, 0.3) is 0 Å². The van der Waals surface area contributed by atoms with E-state index in [0.29, 0.717) is 17.3 Å². The molecule has 6 heteroatoms. The van der Waals surface area contributed by atoms with Crippen LogP contribution in [0.4, 0.5) is 0 Å². The molecule has 0 N–H and O–H groups in total. The Bertz CT molecular complexity index is 912. The maximum atomic E-state index is 6.21. The molecule has 0 saturated carbocycles. The summed E-state index contributed by atoms with van der Waals surface area (Å²) in [5.74, 6) is 3.14. The number of para-hydroxylation sites is 1. The van der Waals surface area contributed by atoms with Gasteiger partial charge in [0.15, 0.2) is 0 Å². The molecular weight excluding hydrogens is 333 g/mol. The molecule has 0 atom stereocenters. The van der Waals surface area contributed by atoms with Gasteiger partial charge in [-0.3, -0.25) is 0 Å². The Hall–Kier alpha value is -2.22. The van der Waals surface area contributed by atoms with Gasteiger partial charge >= 0.3 is 0 Å². The summed E-state index contributed by atoms with van der Waals surface area (Å²) in [5, 5.41) is 1.73. The van der Waals surface area contributed by atoms with Crippen LogP contribution >= 0.6 is 23.2 Å². The Balaban J connectivity index is 0.000000485. The van der Waals surface area contributed by atoms with Crippen molar-refractivity contribution in [2.75, 3.05) is 6.61 Å². The lowest BCUT2D eigenvalue weighted by atomic mass is 10.1. The Morgan fingerprint density at radius 3 is 2.91 bits per heavy atom. The molecular formula is C17H13Cl2N3O. The minimum absolute atomic E-state index is 0.188. The van der Waals surface area contributed by atoms with E-state index in [4.69, 9.17) is 27.9 Å². The third kappa shape index (κ3) is 2.86. The van der Waals surface area contributed by atoms with E-state index in [1.165, 1.54) is 6.20 Å². The number of aromatic nitrogens is 3. The smallest absolute Gasteiger partial charge is 0.222 e. The highest BCUT2D eigenvalue weighted by Crippen LogP contribution is 2.38. The van der Waals surface area contributed by atoms with E-state index < -0.39 is 0 Å². The van der Waals surface area contributed by atoms with Gasteiger partial charge in [-0.25, -0.2) is 9.97 Å². The van der Waals surface area contributed by atoms with Crippen LogP contribution in [0.3, 0.4) is 0 Å². The van der Waals surface area contributed by atoms with Crippen molar-refractivity contribution < 1.29 is 4.74 Å². The summed E-state index contributed by atoms with van der Waals surface area (Å²) >= 11 is 12.1. The van der Waals surface area contributed by atoms with Gasteiger partial charge < -0.3 is 9.30 Å². The number of halogens is 2. The van der Waals surface area contributed by atoms with Gasteiger partial charge in [-0.2, -0.15) is 0 Å². The van der Waals surface area contributed by atoms with Crippen molar-refractivity contribution in [3.63, 3.8) is 0 Å². The predicted molar refractivity (Wildman–Crippen MR) is 93.0 cm³/mol. The molecule has 3 aromatic rings. The first-order chi connectivity index (χ1) is 11.2. The van der Waals surface area contributed by atoms with Gasteiger partial charge in [-0.05, 0) is 24.6 Å². The van der Waals surface area contributed by atoms with E-state index in [1.54, 1.807) is 6.92 Å². The summed E-state index contributed by atoms with van der Waals surface area (Å²) in [6, 6.07) is 5.97. The Morgan fingerprint density at radius 1 is 1.35 bits per heavy atom. The molecule has 116 valence electrons. The van der Waals surface area contributed by atoms with Crippen LogP contribution in [0.15, 0.2) is 30.6 Å². The molecule has 0 bridgehead atoms. The van der Waals surface area contributed by atoms with Crippen molar-refractivity contribution in [2.24, 2.45) is 0 Å². The van der Waals surface area contributed by atoms with E-state index in [1.807, 2.05) is 24.4 Å². The summed E-state index contributed by atoms with van der Waals surface area (Å²) in [6.45, 7) is 3.13. The van der Waals surface area contributed by atoms with Crippen molar-refractivity contribution in [3.8, 4) is 29.4 Å². The number of ether oxygens (including phenoxy) is 1. The molecule has 4 nitrogen and oxygen atoms in total. The average molecular weight is 346 g/mol.